The Morgan fingerprint density at radius 2 is 1.77 bits per heavy atom. The minimum atomic E-state index is -0.926. The molecule has 3 aromatic rings. The second kappa shape index (κ2) is 8.81. The lowest BCUT2D eigenvalue weighted by molar-refractivity contribution is 0.0696. The Morgan fingerprint density at radius 3 is 2.50 bits per heavy atom. The number of carboxylic acid groups (broad SMARTS) is 1. The van der Waals surface area contributed by atoms with Gasteiger partial charge < -0.3 is 9.84 Å². The van der Waals surface area contributed by atoms with E-state index in [9.17, 15) is 9.18 Å². The number of aromatic carboxylic acids is 1. The normalized spacial score (nSPS) is 13.0. The standard InChI is InChI=1S/C25H20FNO3/c26-23-11-6-18(7-12-23)2-1-3-19-8-13-24-22(14-19)16-27(17-30-24)15-20-4-9-21(10-5-20)25(28)29/h4-14H,2,15-17H2,(H,28,29). The van der Waals surface area contributed by atoms with Gasteiger partial charge in [0.1, 0.15) is 18.3 Å². The number of hydrogen-bond acceptors (Lipinski definition) is 3. The third-order valence-corrected chi connectivity index (χ3v) is 4.90. The summed E-state index contributed by atoms with van der Waals surface area (Å²) in [6, 6.07) is 19.2. The molecule has 150 valence electrons. The lowest BCUT2D eigenvalue weighted by Gasteiger charge is -2.29. The van der Waals surface area contributed by atoms with Crippen LogP contribution in [0.2, 0.25) is 0 Å². The van der Waals surface area contributed by atoms with Gasteiger partial charge in [-0.15, -0.1) is 0 Å². The molecular weight excluding hydrogens is 381 g/mol. The second-order valence-electron chi connectivity index (χ2n) is 7.19. The van der Waals surface area contributed by atoms with E-state index in [1.54, 1.807) is 24.3 Å². The molecule has 1 aliphatic rings. The Bertz CT molecular complexity index is 1110. The van der Waals surface area contributed by atoms with Crippen LogP contribution in [0.4, 0.5) is 4.39 Å². The van der Waals surface area contributed by atoms with Crippen molar-refractivity contribution < 1.29 is 19.0 Å². The quantitative estimate of drug-likeness (QED) is 0.656. The molecule has 1 N–H and O–H groups in total. The molecule has 4 nitrogen and oxygen atoms in total. The van der Waals surface area contributed by atoms with Crippen LogP contribution in [0.1, 0.15) is 32.6 Å². The number of fused-ring (bicyclic) bond motifs is 1. The Hall–Kier alpha value is -3.62. The van der Waals surface area contributed by atoms with Crippen molar-refractivity contribution in [1.29, 1.82) is 0 Å². The molecule has 0 radical (unpaired) electrons. The van der Waals surface area contributed by atoms with Gasteiger partial charge in [0.15, 0.2) is 0 Å². The van der Waals surface area contributed by atoms with Gasteiger partial charge in [-0.05, 0) is 53.6 Å². The fourth-order valence-corrected chi connectivity index (χ4v) is 3.33. The molecule has 3 aromatic carbocycles. The first-order chi connectivity index (χ1) is 14.6. The van der Waals surface area contributed by atoms with Crippen molar-refractivity contribution in [3.05, 3.63) is 100 Å². The number of benzene rings is 3. The Balaban J connectivity index is 1.41. The zero-order valence-electron chi connectivity index (χ0n) is 16.3. The molecule has 1 aliphatic heterocycles. The van der Waals surface area contributed by atoms with Crippen LogP contribution < -0.4 is 4.74 Å². The summed E-state index contributed by atoms with van der Waals surface area (Å²) in [6.45, 7) is 1.87. The summed E-state index contributed by atoms with van der Waals surface area (Å²) in [5, 5.41) is 9.01. The Kier molecular flexibility index (Phi) is 5.78. The van der Waals surface area contributed by atoms with Crippen LogP contribution in [0.5, 0.6) is 5.75 Å². The third-order valence-electron chi connectivity index (χ3n) is 4.90. The van der Waals surface area contributed by atoms with Gasteiger partial charge in [0.2, 0.25) is 0 Å². The summed E-state index contributed by atoms with van der Waals surface area (Å²) in [6.07, 6.45) is 0.562. The van der Waals surface area contributed by atoms with E-state index >= 15 is 0 Å². The van der Waals surface area contributed by atoms with E-state index in [0.717, 1.165) is 34.5 Å². The van der Waals surface area contributed by atoms with E-state index in [0.29, 0.717) is 19.7 Å². The van der Waals surface area contributed by atoms with Crippen LogP contribution in [-0.4, -0.2) is 22.7 Å². The average molecular weight is 401 g/mol. The monoisotopic (exact) mass is 401 g/mol. The van der Waals surface area contributed by atoms with Crippen LogP contribution in [0, 0.1) is 17.7 Å². The molecule has 0 amide bonds. The first-order valence-corrected chi connectivity index (χ1v) is 9.60. The van der Waals surface area contributed by atoms with E-state index in [4.69, 9.17) is 9.84 Å². The molecular formula is C25H20FNO3. The molecule has 5 heteroatoms. The summed E-state index contributed by atoms with van der Waals surface area (Å²) >= 11 is 0. The van der Waals surface area contributed by atoms with Gasteiger partial charge in [-0.2, -0.15) is 0 Å². The van der Waals surface area contributed by atoms with Gasteiger partial charge in [-0.1, -0.05) is 36.1 Å². The van der Waals surface area contributed by atoms with Crippen molar-refractivity contribution in [2.75, 3.05) is 6.73 Å². The fraction of sp³-hybridized carbons (Fsp3) is 0.160. The highest BCUT2D eigenvalue weighted by Crippen LogP contribution is 2.26. The van der Waals surface area contributed by atoms with Gasteiger partial charge in [-0.3, -0.25) is 4.90 Å². The van der Waals surface area contributed by atoms with Gasteiger partial charge in [-0.25, -0.2) is 9.18 Å². The maximum atomic E-state index is 13.0. The largest absolute Gasteiger partial charge is 0.478 e. The smallest absolute Gasteiger partial charge is 0.335 e. The van der Waals surface area contributed by atoms with Gasteiger partial charge >= 0.3 is 5.97 Å². The van der Waals surface area contributed by atoms with E-state index < -0.39 is 5.97 Å². The van der Waals surface area contributed by atoms with Crippen molar-refractivity contribution >= 4 is 5.97 Å². The molecule has 0 unspecified atom stereocenters. The Labute approximate surface area is 174 Å². The molecule has 0 aliphatic carbocycles. The minimum absolute atomic E-state index is 0.247. The van der Waals surface area contributed by atoms with Gasteiger partial charge in [0.05, 0.1) is 5.56 Å². The maximum absolute atomic E-state index is 13.0. The lowest BCUT2D eigenvalue weighted by atomic mass is 10.1. The SMILES string of the molecule is O=C(O)c1ccc(CN2COc3ccc(C#CCc4ccc(F)cc4)cc3C2)cc1. The number of rotatable bonds is 4. The molecule has 0 spiro atoms. The van der Waals surface area contributed by atoms with Gasteiger partial charge in [0, 0.05) is 30.6 Å². The first kappa shape index (κ1) is 19.7. The number of carboxylic acids is 1. The minimum Gasteiger partial charge on any atom is -0.478 e. The molecule has 0 saturated heterocycles. The number of nitrogens with zero attached hydrogens (tertiary/aromatic N) is 1. The van der Waals surface area contributed by atoms with Crippen molar-refractivity contribution in [3.63, 3.8) is 0 Å². The van der Waals surface area contributed by atoms with Crippen LogP contribution in [0.15, 0.2) is 66.7 Å². The average Bonchev–Trinajstić information content (AvgIpc) is 2.75. The van der Waals surface area contributed by atoms with Crippen LogP contribution in [-0.2, 0) is 19.5 Å². The summed E-state index contributed by atoms with van der Waals surface area (Å²) in [7, 11) is 0. The topological polar surface area (TPSA) is 49.8 Å². The molecule has 0 fully saturated rings. The molecule has 1 heterocycles. The first-order valence-electron chi connectivity index (χ1n) is 9.60. The summed E-state index contributed by atoms with van der Waals surface area (Å²) in [5.41, 5.74) is 4.26. The Morgan fingerprint density at radius 1 is 1.03 bits per heavy atom. The van der Waals surface area contributed by atoms with Crippen LogP contribution >= 0.6 is 0 Å². The highest BCUT2D eigenvalue weighted by molar-refractivity contribution is 5.87. The zero-order chi connectivity index (χ0) is 20.9. The van der Waals surface area contributed by atoms with E-state index in [2.05, 4.69) is 16.7 Å². The lowest BCUT2D eigenvalue weighted by Crippen LogP contribution is -2.31. The predicted molar refractivity (Wildman–Crippen MR) is 112 cm³/mol. The fourth-order valence-electron chi connectivity index (χ4n) is 3.33. The number of carbonyl (C=O) groups is 1. The number of halogens is 1. The summed E-state index contributed by atoms with van der Waals surface area (Å²) in [4.78, 5) is 13.1. The number of hydrogen-bond donors (Lipinski definition) is 1. The van der Waals surface area contributed by atoms with E-state index in [-0.39, 0.29) is 11.4 Å². The molecule has 0 bridgehead atoms. The molecule has 0 atom stereocenters. The van der Waals surface area contributed by atoms with Crippen molar-refractivity contribution in [3.8, 4) is 17.6 Å². The van der Waals surface area contributed by atoms with Crippen LogP contribution in [0.3, 0.4) is 0 Å². The zero-order valence-corrected chi connectivity index (χ0v) is 16.3. The van der Waals surface area contributed by atoms with Crippen molar-refractivity contribution in [2.24, 2.45) is 0 Å². The predicted octanol–water partition coefficient (Wildman–Crippen LogP) is 4.47. The van der Waals surface area contributed by atoms with Crippen molar-refractivity contribution in [1.82, 2.24) is 4.90 Å². The highest BCUT2D eigenvalue weighted by Gasteiger charge is 2.18. The second-order valence-corrected chi connectivity index (χ2v) is 7.19. The molecule has 30 heavy (non-hydrogen) atoms. The highest BCUT2D eigenvalue weighted by atomic mass is 19.1. The van der Waals surface area contributed by atoms with Gasteiger partial charge in [0.25, 0.3) is 0 Å². The number of ether oxygens (including phenoxy) is 1. The summed E-state index contributed by atoms with van der Waals surface area (Å²) < 4.78 is 18.8. The molecule has 0 saturated carbocycles. The molecule has 0 aromatic heterocycles. The van der Waals surface area contributed by atoms with Crippen LogP contribution in [0.25, 0.3) is 0 Å². The van der Waals surface area contributed by atoms with E-state index in [1.165, 1.54) is 12.1 Å². The maximum Gasteiger partial charge on any atom is 0.335 e. The molecule has 4 rings (SSSR count). The third kappa shape index (κ3) is 4.86. The summed E-state index contributed by atoms with van der Waals surface area (Å²) in [5.74, 6) is 5.99. The van der Waals surface area contributed by atoms with Crippen molar-refractivity contribution in [2.45, 2.75) is 19.5 Å². The van der Waals surface area contributed by atoms with E-state index in [1.807, 2.05) is 30.3 Å².